The van der Waals surface area contributed by atoms with Gasteiger partial charge in [-0.1, -0.05) is 23.3 Å². The van der Waals surface area contributed by atoms with Crippen LogP contribution < -0.4 is 4.90 Å². The molecule has 4 rings (SSSR count). The van der Waals surface area contributed by atoms with Crippen molar-refractivity contribution in [2.45, 2.75) is 6.54 Å². The summed E-state index contributed by atoms with van der Waals surface area (Å²) < 4.78 is 1.78. The first kappa shape index (κ1) is 13.8. The molecule has 3 heterocycles. The van der Waals surface area contributed by atoms with Crippen LogP contribution in [0.4, 0.5) is 5.95 Å². The van der Waals surface area contributed by atoms with E-state index in [1.54, 1.807) is 11.0 Å². The summed E-state index contributed by atoms with van der Waals surface area (Å²) in [7, 11) is 0. The maximum absolute atomic E-state index is 4.20. The molecule has 0 amide bonds. The normalized spacial score (nSPS) is 15.9. The van der Waals surface area contributed by atoms with Crippen LogP contribution in [0.3, 0.4) is 0 Å². The highest BCUT2D eigenvalue weighted by atomic mass is 15.6. The molecule has 1 N–H and O–H groups in total. The zero-order chi connectivity index (χ0) is 15.5. The van der Waals surface area contributed by atoms with Gasteiger partial charge in [0.05, 0.1) is 12.2 Å². The molecule has 1 saturated heterocycles. The number of para-hydroxylation sites is 1. The summed E-state index contributed by atoms with van der Waals surface area (Å²) in [5.74, 6) is 1.68. The van der Waals surface area contributed by atoms with E-state index >= 15 is 0 Å². The van der Waals surface area contributed by atoms with Crippen LogP contribution in [-0.2, 0) is 6.54 Å². The minimum absolute atomic E-state index is 0.788. The van der Waals surface area contributed by atoms with Gasteiger partial charge >= 0.3 is 0 Å². The van der Waals surface area contributed by atoms with Gasteiger partial charge in [0.1, 0.15) is 12.2 Å². The van der Waals surface area contributed by atoms with Crippen LogP contribution in [-0.4, -0.2) is 66.5 Å². The number of hydrogen-bond acceptors (Lipinski definition) is 7. The fraction of sp³-hybridized carbons (Fsp3) is 0.357. The summed E-state index contributed by atoms with van der Waals surface area (Å²) in [6.07, 6.45) is 1.54. The number of rotatable bonds is 4. The first-order valence-corrected chi connectivity index (χ1v) is 7.55. The van der Waals surface area contributed by atoms with Crippen LogP contribution in [0.1, 0.15) is 5.82 Å². The summed E-state index contributed by atoms with van der Waals surface area (Å²) in [5.41, 5.74) is 0.969. The van der Waals surface area contributed by atoms with E-state index in [1.807, 2.05) is 30.3 Å². The minimum atomic E-state index is 0.788. The molecule has 1 fully saturated rings. The van der Waals surface area contributed by atoms with E-state index in [0.29, 0.717) is 0 Å². The van der Waals surface area contributed by atoms with E-state index < -0.39 is 0 Å². The average molecular weight is 311 g/mol. The first-order valence-electron chi connectivity index (χ1n) is 7.55. The van der Waals surface area contributed by atoms with E-state index in [-0.39, 0.29) is 0 Å². The van der Waals surface area contributed by atoms with Crippen molar-refractivity contribution in [3.63, 3.8) is 0 Å². The van der Waals surface area contributed by atoms with Gasteiger partial charge in [0.15, 0.2) is 0 Å². The van der Waals surface area contributed by atoms with Gasteiger partial charge in [0, 0.05) is 26.2 Å². The number of H-pyrrole nitrogens is 1. The molecule has 1 aliphatic rings. The van der Waals surface area contributed by atoms with Crippen molar-refractivity contribution >= 4 is 5.95 Å². The lowest BCUT2D eigenvalue weighted by Gasteiger charge is -2.34. The maximum Gasteiger partial charge on any atom is 0.250 e. The van der Waals surface area contributed by atoms with E-state index in [9.17, 15) is 0 Å². The monoisotopic (exact) mass is 311 g/mol. The lowest BCUT2D eigenvalue weighted by Crippen LogP contribution is -2.47. The predicted molar refractivity (Wildman–Crippen MR) is 83.0 cm³/mol. The lowest BCUT2D eigenvalue weighted by atomic mass is 10.3. The summed E-state index contributed by atoms with van der Waals surface area (Å²) in [6.45, 7) is 4.41. The molecule has 23 heavy (non-hydrogen) atoms. The number of nitrogens with zero attached hydrogens (tertiary/aromatic N) is 8. The van der Waals surface area contributed by atoms with Crippen molar-refractivity contribution in [2.75, 3.05) is 31.1 Å². The Bertz CT molecular complexity index is 729. The van der Waals surface area contributed by atoms with Crippen molar-refractivity contribution in [2.24, 2.45) is 0 Å². The second-order valence-electron chi connectivity index (χ2n) is 5.42. The molecule has 0 aliphatic carbocycles. The molecule has 0 unspecified atom stereocenters. The van der Waals surface area contributed by atoms with Gasteiger partial charge < -0.3 is 4.90 Å². The number of nitrogens with one attached hydrogen (secondary N) is 1. The Labute approximate surface area is 132 Å². The van der Waals surface area contributed by atoms with Crippen molar-refractivity contribution in [1.29, 1.82) is 0 Å². The van der Waals surface area contributed by atoms with Crippen molar-refractivity contribution in [1.82, 2.24) is 40.3 Å². The Morgan fingerprint density at radius 3 is 2.61 bits per heavy atom. The highest BCUT2D eigenvalue weighted by molar-refractivity contribution is 5.40. The molecule has 118 valence electrons. The summed E-state index contributed by atoms with van der Waals surface area (Å²) in [5, 5.41) is 18.9. The number of hydrogen-bond donors (Lipinski definition) is 1. The van der Waals surface area contributed by atoms with Crippen molar-refractivity contribution in [3.05, 3.63) is 42.5 Å². The fourth-order valence-electron chi connectivity index (χ4n) is 2.74. The third-order valence-electron chi connectivity index (χ3n) is 3.95. The molecule has 2 aromatic heterocycles. The van der Waals surface area contributed by atoms with Crippen LogP contribution in [0.5, 0.6) is 0 Å². The Morgan fingerprint density at radius 1 is 1.04 bits per heavy atom. The summed E-state index contributed by atoms with van der Waals surface area (Å²) >= 11 is 0. The van der Waals surface area contributed by atoms with Gasteiger partial charge in [-0.15, -0.1) is 0 Å². The molecule has 0 atom stereocenters. The van der Waals surface area contributed by atoms with E-state index in [1.165, 1.54) is 0 Å². The number of benzene rings is 1. The molecule has 0 saturated carbocycles. The van der Waals surface area contributed by atoms with Crippen LogP contribution in [0, 0.1) is 0 Å². The summed E-state index contributed by atoms with van der Waals surface area (Å²) in [4.78, 5) is 8.73. The van der Waals surface area contributed by atoms with Crippen LogP contribution in [0.2, 0.25) is 0 Å². The number of aromatic amines is 1. The molecular formula is C14H17N9. The molecule has 3 aromatic rings. The van der Waals surface area contributed by atoms with Gasteiger partial charge in [0.25, 0.3) is 0 Å². The molecular weight excluding hydrogens is 294 g/mol. The van der Waals surface area contributed by atoms with Crippen molar-refractivity contribution < 1.29 is 0 Å². The Balaban J connectivity index is 1.44. The predicted octanol–water partition coefficient (Wildman–Crippen LogP) is 0.103. The van der Waals surface area contributed by atoms with Crippen LogP contribution >= 0.6 is 0 Å². The number of piperazine rings is 1. The standard InChI is InChI=1S/C14H17N9/c1-2-4-12(5-3-1)23-14(18-19-20-23)22-8-6-21(7-9-22)10-13-15-11-16-17-13/h1-5,11H,6-10H2,(H,15,16,17). The SMILES string of the molecule is c1ccc(-n2nnnc2N2CCN(Cc3ncn[nH]3)CC2)cc1. The van der Waals surface area contributed by atoms with Gasteiger partial charge in [-0.2, -0.15) is 9.78 Å². The largest absolute Gasteiger partial charge is 0.337 e. The molecule has 9 heteroatoms. The summed E-state index contributed by atoms with van der Waals surface area (Å²) in [6, 6.07) is 9.95. The Morgan fingerprint density at radius 2 is 1.87 bits per heavy atom. The van der Waals surface area contributed by atoms with E-state index in [4.69, 9.17) is 0 Å². The lowest BCUT2D eigenvalue weighted by molar-refractivity contribution is 0.243. The molecule has 0 spiro atoms. The maximum atomic E-state index is 4.20. The second-order valence-corrected chi connectivity index (χ2v) is 5.42. The minimum Gasteiger partial charge on any atom is -0.337 e. The average Bonchev–Trinajstić information content (AvgIpc) is 3.28. The van der Waals surface area contributed by atoms with Crippen molar-refractivity contribution in [3.8, 4) is 5.69 Å². The van der Waals surface area contributed by atoms with Crippen LogP contribution in [0.15, 0.2) is 36.7 Å². The number of aromatic nitrogens is 7. The smallest absolute Gasteiger partial charge is 0.250 e. The van der Waals surface area contributed by atoms with Gasteiger partial charge in [-0.3, -0.25) is 10.00 Å². The highest BCUT2D eigenvalue weighted by Gasteiger charge is 2.22. The van der Waals surface area contributed by atoms with Gasteiger partial charge in [-0.05, 0) is 22.6 Å². The molecule has 1 aromatic carbocycles. The molecule has 1 aliphatic heterocycles. The third kappa shape index (κ3) is 2.90. The second kappa shape index (κ2) is 6.13. The number of tetrazole rings is 1. The first-order chi connectivity index (χ1) is 11.4. The number of anilines is 1. The van der Waals surface area contributed by atoms with E-state index in [2.05, 4.69) is 40.5 Å². The van der Waals surface area contributed by atoms with E-state index in [0.717, 1.165) is 50.2 Å². The Hall–Kier alpha value is -2.81. The van der Waals surface area contributed by atoms with Gasteiger partial charge in [0.2, 0.25) is 5.95 Å². The highest BCUT2D eigenvalue weighted by Crippen LogP contribution is 2.17. The topological polar surface area (TPSA) is 91.7 Å². The zero-order valence-corrected chi connectivity index (χ0v) is 12.6. The molecule has 0 radical (unpaired) electrons. The quantitative estimate of drug-likeness (QED) is 0.730. The van der Waals surface area contributed by atoms with Crippen LogP contribution in [0.25, 0.3) is 5.69 Å². The van der Waals surface area contributed by atoms with Gasteiger partial charge in [-0.25, -0.2) is 4.98 Å². The molecule has 0 bridgehead atoms. The Kier molecular flexibility index (Phi) is 3.68. The zero-order valence-electron chi connectivity index (χ0n) is 12.6. The fourth-order valence-corrected chi connectivity index (χ4v) is 2.74. The molecule has 9 nitrogen and oxygen atoms in total. The third-order valence-corrected chi connectivity index (χ3v) is 3.95.